The van der Waals surface area contributed by atoms with E-state index >= 15 is 0 Å². The molecule has 0 bridgehead atoms. The molecule has 2 aromatic rings. The number of hydrogen-bond donors (Lipinski definition) is 1. The molecule has 0 saturated heterocycles. The highest BCUT2D eigenvalue weighted by atomic mass is 35.5. The normalized spacial score (nSPS) is 16.0. The highest BCUT2D eigenvalue weighted by molar-refractivity contribution is 7.90. The number of halogens is 1. The molecule has 1 aliphatic carbocycles. The molecular weight excluding hydrogens is 326 g/mol. The zero-order chi connectivity index (χ0) is 15.8. The average molecular weight is 338 g/mol. The minimum absolute atomic E-state index is 0.282. The van der Waals surface area contributed by atoms with Gasteiger partial charge >= 0.3 is 0 Å². The van der Waals surface area contributed by atoms with Crippen LogP contribution in [0.4, 0.5) is 0 Å². The molecule has 114 valence electrons. The molecule has 3 rings (SSSR count). The van der Waals surface area contributed by atoms with Gasteiger partial charge in [-0.3, -0.25) is 9.78 Å². The number of sulfonamides is 1. The van der Waals surface area contributed by atoms with E-state index in [-0.39, 0.29) is 5.03 Å². The first kappa shape index (κ1) is 14.9. The van der Waals surface area contributed by atoms with Crippen LogP contribution in [0.15, 0.2) is 47.9 Å². The summed E-state index contributed by atoms with van der Waals surface area (Å²) in [5.41, 5.74) is -0.0522. The standard InChI is InChI=1S/C14H12ClN3O3S/c15-11-3-1-10(2-4-11)14(5-6-14)13(19)18-22(20,21)12-9-16-7-8-17-12/h1-4,7-9H,5-6H2,(H,18,19). The fraction of sp³-hybridized carbons (Fsp3) is 0.214. The zero-order valence-corrected chi connectivity index (χ0v) is 12.9. The third-order valence-corrected chi connectivity index (χ3v) is 5.09. The molecule has 1 N–H and O–H groups in total. The molecule has 1 heterocycles. The smallest absolute Gasteiger partial charge is 0.273 e. The van der Waals surface area contributed by atoms with Crippen molar-refractivity contribution in [2.45, 2.75) is 23.3 Å². The SMILES string of the molecule is O=C(NS(=O)(=O)c1cnccn1)C1(c2ccc(Cl)cc2)CC1. The van der Waals surface area contributed by atoms with E-state index in [1.165, 1.54) is 12.4 Å². The number of nitrogens with one attached hydrogen (secondary N) is 1. The van der Waals surface area contributed by atoms with Crippen LogP contribution in [0.3, 0.4) is 0 Å². The van der Waals surface area contributed by atoms with Gasteiger partial charge in [-0.15, -0.1) is 0 Å². The molecule has 0 spiro atoms. The number of aromatic nitrogens is 2. The second-order valence-electron chi connectivity index (χ2n) is 5.07. The van der Waals surface area contributed by atoms with Gasteiger partial charge in [0.15, 0.2) is 5.03 Å². The van der Waals surface area contributed by atoms with Crippen LogP contribution in [0.1, 0.15) is 18.4 Å². The second kappa shape index (κ2) is 5.33. The molecule has 0 radical (unpaired) electrons. The number of benzene rings is 1. The molecule has 6 nitrogen and oxygen atoms in total. The number of amides is 1. The van der Waals surface area contributed by atoms with Gasteiger partial charge in [-0.25, -0.2) is 9.71 Å². The minimum Gasteiger partial charge on any atom is -0.273 e. The molecule has 1 aromatic heterocycles. The Kier molecular flexibility index (Phi) is 3.62. The molecule has 1 amide bonds. The lowest BCUT2D eigenvalue weighted by molar-refractivity contribution is -0.121. The number of carbonyl (C=O) groups is 1. The maximum absolute atomic E-state index is 12.4. The van der Waals surface area contributed by atoms with Crippen molar-refractivity contribution >= 4 is 27.5 Å². The van der Waals surface area contributed by atoms with E-state index in [2.05, 4.69) is 14.7 Å². The first-order valence-electron chi connectivity index (χ1n) is 6.53. The van der Waals surface area contributed by atoms with Crippen LogP contribution in [-0.2, 0) is 20.2 Å². The Bertz CT molecular complexity index is 803. The number of nitrogens with zero attached hydrogens (tertiary/aromatic N) is 2. The highest BCUT2D eigenvalue weighted by Gasteiger charge is 2.52. The first-order chi connectivity index (χ1) is 10.4. The molecule has 0 atom stereocenters. The predicted octanol–water partition coefficient (Wildman–Crippen LogP) is 1.67. The summed E-state index contributed by atoms with van der Waals surface area (Å²) in [6.45, 7) is 0. The van der Waals surface area contributed by atoms with Crippen molar-refractivity contribution in [1.82, 2.24) is 14.7 Å². The molecule has 1 aliphatic rings. The van der Waals surface area contributed by atoms with Crippen molar-refractivity contribution in [3.63, 3.8) is 0 Å². The summed E-state index contributed by atoms with van der Waals surface area (Å²) in [7, 11) is -4.02. The summed E-state index contributed by atoms with van der Waals surface area (Å²) in [4.78, 5) is 19.8. The van der Waals surface area contributed by atoms with Gasteiger partial charge < -0.3 is 0 Å². The van der Waals surface area contributed by atoms with Crippen molar-refractivity contribution in [1.29, 1.82) is 0 Å². The summed E-state index contributed by atoms with van der Waals surface area (Å²) in [6, 6.07) is 6.84. The quantitative estimate of drug-likeness (QED) is 0.916. The Morgan fingerprint density at radius 3 is 2.41 bits per heavy atom. The Morgan fingerprint density at radius 2 is 1.86 bits per heavy atom. The Morgan fingerprint density at radius 1 is 1.18 bits per heavy atom. The number of rotatable bonds is 4. The highest BCUT2D eigenvalue weighted by Crippen LogP contribution is 2.48. The molecule has 22 heavy (non-hydrogen) atoms. The molecule has 8 heteroatoms. The van der Waals surface area contributed by atoms with Crippen LogP contribution in [0.2, 0.25) is 5.02 Å². The third kappa shape index (κ3) is 2.69. The molecule has 1 fully saturated rings. The monoisotopic (exact) mass is 337 g/mol. The number of carbonyl (C=O) groups excluding carboxylic acids is 1. The molecule has 0 unspecified atom stereocenters. The maximum atomic E-state index is 12.4. The van der Waals surface area contributed by atoms with Gasteiger partial charge in [0, 0.05) is 17.4 Å². The Balaban J connectivity index is 1.84. The topological polar surface area (TPSA) is 89.0 Å². The van der Waals surface area contributed by atoms with Crippen LogP contribution in [-0.4, -0.2) is 24.3 Å². The lowest BCUT2D eigenvalue weighted by Crippen LogP contribution is -2.39. The van der Waals surface area contributed by atoms with Gasteiger partial charge in [0.1, 0.15) is 0 Å². The van der Waals surface area contributed by atoms with Crippen molar-refractivity contribution < 1.29 is 13.2 Å². The van der Waals surface area contributed by atoms with Gasteiger partial charge in [-0.1, -0.05) is 23.7 Å². The van der Waals surface area contributed by atoms with Gasteiger partial charge in [0.05, 0.1) is 11.6 Å². The van der Waals surface area contributed by atoms with Crippen LogP contribution in [0, 0.1) is 0 Å². The van der Waals surface area contributed by atoms with Gasteiger partial charge in [0.25, 0.3) is 10.0 Å². The van der Waals surface area contributed by atoms with Crippen LogP contribution in [0.5, 0.6) is 0 Å². The third-order valence-electron chi connectivity index (χ3n) is 3.62. The summed E-state index contributed by atoms with van der Waals surface area (Å²) < 4.78 is 26.4. The van der Waals surface area contributed by atoms with Crippen molar-refractivity contribution in [2.75, 3.05) is 0 Å². The summed E-state index contributed by atoms with van der Waals surface area (Å²) >= 11 is 5.84. The van der Waals surface area contributed by atoms with Crippen molar-refractivity contribution in [3.05, 3.63) is 53.4 Å². The second-order valence-corrected chi connectivity index (χ2v) is 7.13. The van der Waals surface area contributed by atoms with Gasteiger partial charge in [-0.05, 0) is 30.5 Å². The summed E-state index contributed by atoms with van der Waals surface area (Å²) in [5, 5.41) is 0.280. The van der Waals surface area contributed by atoms with E-state index < -0.39 is 21.3 Å². The molecule has 1 saturated carbocycles. The Labute approximate surface area is 132 Å². The van der Waals surface area contributed by atoms with Gasteiger partial charge in [0.2, 0.25) is 5.91 Å². The zero-order valence-electron chi connectivity index (χ0n) is 11.4. The van der Waals surface area contributed by atoms with Crippen LogP contribution in [0.25, 0.3) is 0 Å². The lowest BCUT2D eigenvalue weighted by Gasteiger charge is -2.15. The largest absolute Gasteiger partial charge is 0.283 e. The Hall–Kier alpha value is -1.99. The van der Waals surface area contributed by atoms with Crippen LogP contribution < -0.4 is 4.72 Å². The fourth-order valence-electron chi connectivity index (χ4n) is 2.24. The minimum atomic E-state index is -4.02. The summed E-state index contributed by atoms with van der Waals surface area (Å²) in [5.74, 6) is -0.555. The molecule has 1 aromatic carbocycles. The van der Waals surface area contributed by atoms with E-state index in [4.69, 9.17) is 11.6 Å². The first-order valence-corrected chi connectivity index (χ1v) is 8.39. The van der Waals surface area contributed by atoms with E-state index in [0.29, 0.717) is 17.9 Å². The predicted molar refractivity (Wildman–Crippen MR) is 79.7 cm³/mol. The summed E-state index contributed by atoms with van der Waals surface area (Å²) in [6.07, 6.45) is 4.90. The number of hydrogen-bond acceptors (Lipinski definition) is 5. The maximum Gasteiger partial charge on any atom is 0.283 e. The van der Waals surface area contributed by atoms with E-state index in [0.717, 1.165) is 11.8 Å². The average Bonchev–Trinajstić information content (AvgIpc) is 3.30. The van der Waals surface area contributed by atoms with Gasteiger partial charge in [-0.2, -0.15) is 8.42 Å². The molecule has 0 aliphatic heterocycles. The fourth-order valence-corrected chi connectivity index (χ4v) is 3.31. The van der Waals surface area contributed by atoms with Crippen molar-refractivity contribution in [2.24, 2.45) is 0 Å². The van der Waals surface area contributed by atoms with E-state index in [1.54, 1.807) is 24.3 Å². The van der Waals surface area contributed by atoms with Crippen LogP contribution >= 0.6 is 11.6 Å². The van der Waals surface area contributed by atoms with E-state index in [9.17, 15) is 13.2 Å². The lowest BCUT2D eigenvalue weighted by atomic mass is 9.95. The molecular formula is C14H12ClN3O3S. The van der Waals surface area contributed by atoms with Crippen molar-refractivity contribution in [3.8, 4) is 0 Å². The van der Waals surface area contributed by atoms with E-state index in [1.807, 2.05) is 0 Å².